The fourth-order valence-corrected chi connectivity index (χ4v) is 3.51. The Labute approximate surface area is 125 Å². The highest BCUT2D eigenvalue weighted by Crippen LogP contribution is 2.33. The van der Waals surface area contributed by atoms with Crippen LogP contribution in [0.3, 0.4) is 0 Å². The molecule has 0 saturated heterocycles. The van der Waals surface area contributed by atoms with Crippen molar-refractivity contribution >= 4 is 13.2 Å². The molecule has 0 aromatic heterocycles. The Morgan fingerprint density at radius 1 is 1.30 bits per heavy atom. The van der Waals surface area contributed by atoms with E-state index in [0.29, 0.717) is 11.8 Å². The third kappa shape index (κ3) is 4.80. The molecule has 20 heavy (non-hydrogen) atoms. The summed E-state index contributed by atoms with van der Waals surface area (Å²) in [5.41, 5.74) is 0. The first kappa shape index (κ1) is 17.5. The predicted molar refractivity (Wildman–Crippen MR) is 88.4 cm³/mol. The summed E-state index contributed by atoms with van der Waals surface area (Å²) >= 11 is 0. The van der Waals surface area contributed by atoms with E-state index in [-0.39, 0.29) is 17.4 Å². The SMILES string of the molecule is CBC(C)(CC(C)C)C(=O)NC(NC)C1CCCCC1. The van der Waals surface area contributed by atoms with Crippen LogP contribution in [0.15, 0.2) is 0 Å². The summed E-state index contributed by atoms with van der Waals surface area (Å²) in [6.07, 6.45) is 7.52. The van der Waals surface area contributed by atoms with Crippen molar-refractivity contribution in [1.82, 2.24) is 10.6 Å². The van der Waals surface area contributed by atoms with Crippen LogP contribution in [-0.2, 0) is 4.79 Å². The number of rotatable bonds is 7. The minimum atomic E-state index is -0.238. The van der Waals surface area contributed by atoms with E-state index in [1.807, 2.05) is 7.05 Å². The molecule has 116 valence electrons. The van der Waals surface area contributed by atoms with E-state index in [0.717, 1.165) is 13.7 Å². The first-order valence-electron chi connectivity index (χ1n) is 8.41. The summed E-state index contributed by atoms with van der Waals surface area (Å²) in [4.78, 5) is 12.7. The molecule has 1 amide bonds. The van der Waals surface area contributed by atoms with Gasteiger partial charge in [-0.1, -0.05) is 46.9 Å². The normalized spacial score (nSPS) is 21.3. The Morgan fingerprint density at radius 2 is 1.90 bits per heavy atom. The zero-order valence-electron chi connectivity index (χ0n) is 14.1. The summed E-state index contributed by atoms with van der Waals surface area (Å²) in [5, 5.41) is 6.37. The Hall–Kier alpha value is -0.505. The van der Waals surface area contributed by atoms with Crippen molar-refractivity contribution in [3.05, 3.63) is 0 Å². The van der Waals surface area contributed by atoms with Crippen molar-refractivity contribution < 1.29 is 4.79 Å². The molecule has 0 bridgehead atoms. The molecule has 0 heterocycles. The van der Waals surface area contributed by atoms with E-state index in [4.69, 9.17) is 0 Å². The van der Waals surface area contributed by atoms with Gasteiger partial charge in [0.05, 0.1) is 6.17 Å². The Morgan fingerprint density at radius 3 is 2.35 bits per heavy atom. The lowest BCUT2D eigenvalue weighted by Crippen LogP contribution is -2.52. The molecule has 2 N–H and O–H groups in total. The zero-order chi connectivity index (χ0) is 15.2. The second-order valence-corrected chi connectivity index (χ2v) is 7.15. The van der Waals surface area contributed by atoms with Gasteiger partial charge in [-0.05, 0) is 38.1 Å². The summed E-state index contributed by atoms with van der Waals surface area (Å²) in [7, 11) is 2.86. The maximum atomic E-state index is 12.7. The van der Waals surface area contributed by atoms with Gasteiger partial charge in [0, 0.05) is 5.31 Å². The van der Waals surface area contributed by atoms with Crippen LogP contribution >= 0.6 is 0 Å². The Bertz CT molecular complexity index is 303. The minimum absolute atomic E-state index is 0.140. The summed E-state index contributed by atoms with van der Waals surface area (Å²) < 4.78 is 0. The molecule has 1 fully saturated rings. The average molecular weight is 280 g/mol. The van der Waals surface area contributed by atoms with Gasteiger partial charge in [-0.15, -0.1) is 0 Å². The Balaban J connectivity index is 2.64. The van der Waals surface area contributed by atoms with Crippen molar-refractivity contribution in [1.29, 1.82) is 0 Å². The van der Waals surface area contributed by atoms with Crippen LogP contribution in [0.1, 0.15) is 59.3 Å². The number of carbonyl (C=O) groups is 1. The van der Waals surface area contributed by atoms with E-state index in [1.54, 1.807) is 0 Å². The zero-order valence-corrected chi connectivity index (χ0v) is 14.1. The summed E-state index contributed by atoms with van der Waals surface area (Å²) in [5.74, 6) is 1.37. The number of hydrogen-bond donors (Lipinski definition) is 2. The van der Waals surface area contributed by atoms with Crippen LogP contribution < -0.4 is 10.6 Å². The van der Waals surface area contributed by atoms with Crippen LogP contribution in [0.2, 0.25) is 12.1 Å². The fourth-order valence-electron chi connectivity index (χ4n) is 3.51. The van der Waals surface area contributed by atoms with Gasteiger partial charge < -0.3 is 10.6 Å². The van der Waals surface area contributed by atoms with Crippen LogP contribution in [0.4, 0.5) is 0 Å². The molecule has 1 rings (SSSR count). The van der Waals surface area contributed by atoms with Gasteiger partial charge in [0.25, 0.3) is 0 Å². The summed E-state index contributed by atoms with van der Waals surface area (Å²) in [6.45, 7) is 8.61. The first-order chi connectivity index (χ1) is 9.42. The molecule has 4 heteroatoms. The molecular weight excluding hydrogens is 247 g/mol. The van der Waals surface area contributed by atoms with Crippen LogP contribution in [0.5, 0.6) is 0 Å². The second kappa shape index (κ2) is 8.06. The molecule has 0 aromatic carbocycles. The Kier molecular flexibility index (Phi) is 7.07. The van der Waals surface area contributed by atoms with Crippen LogP contribution in [-0.4, -0.2) is 26.4 Å². The highest BCUT2D eigenvalue weighted by molar-refractivity contribution is 6.45. The van der Waals surface area contributed by atoms with Gasteiger partial charge in [0.15, 0.2) is 0 Å². The highest BCUT2D eigenvalue weighted by Gasteiger charge is 2.35. The van der Waals surface area contributed by atoms with E-state index in [2.05, 4.69) is 38.2 Å². The molecule has 1 aliphatic rings. The van der Waals surface area contributed by atoms with E-state index in [1.165, 1.54) is 32.1 Å². The van der Waals surface area contributed by atoms with E-state index < -0.39 is 0 Å². The van der Waals surface area contributed by atoms with Gasteiger partial charge in [0.2, 0.25) is 5.91 Å². The first-order valence-corrected chi connectivity index (χ1v) is 8.41. The molecule has 0 aliphatic heterocycles. The van der Waals surface area contributed by atoms with Crippen molar-refractivity contribution in [2.24, 2.45) is 11.8 Å². The van der Waals surface area contributed by atoms with Gasteiger partial charge in [0.1, 0.15) is 7.28 Å². The number of nitrogens with one attached hydrogen (secondary N) is 2. The van der Waals surface area contributed by atoms with Crippen molar-refractivity contribution in [2.45, 2.75) is 77.6 Å². The molecule has 2 unspecified atom stereocenters. The third-order valence-electron chi connectivity index (χ3n) is 4.91. The van der Waals surface area contributed by atoms with Crippen LogP contribution in [0, 0.1) is 11.8 Å². The van der Waals surface area contributed by atoms with Gasteiger partial charge in [-0.25, -0.2) is 0 Å². The highest BCUT2D eigenvalue weighted by atomic mass is 16.2. The van der Waals surface area contributed by atoms with E-state index in [9.17, 15) is 4.79 Å². The number of hydrogen-bond acceptors (Lipinski definition) is 2. The lowest BCUT2D eigenvalue weighted by atomic mass is 9.51. The average Bonchev–Trinajstić information content (AvgIpc) is 2.44. The van der Waals surface area contributed by atoms with Gasteiger partial charge >= 0.3 is 0 Å². The third-order valence-corrected chi connectivity index (χ3v) is 4.91. The van der Waals surface area contributed by atoms with Gasteiger partial charge in [-0.2, -0.15) is 0 Å². The molecule has 3 nitrogen and oxygen atoms in total. The molecule has 0 radical (unpaired) electrons. The van der Waals surface area contributed by atoms with Crippen LogP contribution in [0.25, 0.3) is 0 Å². The van der Waals surface area contributed by atoms with Crippen molar-refractivity contribution in [3.63, 3.8) is 0 Å². The molecular formula is C16H33BN2O. The summed E-state index contributed by atoms with van der Waals surface area (Å²) in [6, 6.07) is 0. The lowest BCUT2D eigenvalue weighted by molar-refractivity contribution is -0.125. The predicted octanol–water partition coefficient (Wildman–Crippen LogP) is 2.94. The van der Waals surface area contributed by atoms with Gasteiger partial charge in [-0.3, -0.25) is 4.79 Å². The smallest absolute Gasteiger partial charge is 0.219 e. The largest absolute Gasteiger partial charge is 0.341 e. The topological polar surface area (TPSA) is 41.1 Å². The van der Waals surface area contributed by atoms with Crippen molar-refractivity contribution in [2.75, 3.05) is 7.05 Å². The monoisotopic (exact) mass is 280 g/mol. The molecule has 1 saturated carbocycles. The fraction of sp³-hybridized carbons (Fsp3) is 0.938. The molecule has 0 spiro atoms. The maximum Gasteiger partial charge on any atom is 0.219 e. The molecule has 0 aromatic rings. The van der Waals surface area contributed by atoms with E-state index >= 15 is 0 Å². The minimum Gasteiger partial charge on any atom is -0.341 e. The molecule has 1 aliphatic carbocycles. The second-order valence-electron chi connectivity index (χ2n) is 7.15. The molecule has 2 atom stereocenters. The maximum absolute atomic E-state index is 12.7. The standard InChI is InChI=1S/C16H33BN2O/c1-12(2)11-16(3,17-4)15(20)19-14(18-5)13-9-7-6-8-10-13/h12-14,17-18H,6-11H2,1-5H3,(H,19,20). The number of carbonyl (C=O) groups excluding carboxylic acids is 1. The lowest BCUT2D eigenvalue weighted by Gasteiger charge is -2.35. The quantitative estimate of drug-likeness (QED) is 0.556. The number of amides is 1. The van der Waals surface area contributed by atoms with Crippen molar-refractivity contribution in [3.8, 4) is 0 Å².